The van der Waals surface area contributed by atoms with Gasteiger partial charge < -0.3 is 10.3 Å². The van der Waals surface area contributed by atoms with Crippen LogP contribution in [0.3, 0.4) is 0 Å². The molecule has 2 aromatic rings. The van der Waals surface area contributed by atoms with E-state index in [0.29, 0.717) is 18.8 Å². The molecule has 0 unspecified atom stereocenters. The molecule has 0 bridgehead atoms. The summed E-state index contributed by atoms with van der Waals surface area (Å²) in [7, 11) is 0. The van der Waals surface area contributed by atoms with E-state index in [4.69, 9.17) is 0 Å². The molecule has 2 aromatic heterocycles. The van der Waals surface area contributed by atoms with Crippen molar-refractivity contribution < 1.29 is 13.2 Å². The zero-order valence-corrected chi connectivity index (χ0v) is 9.20. The van der Waals surface area contributed by atoms with Gasteiger partial charge in [0, 0.05) is 25.4 Å². The first-order valence-electron chi connectivity index (χ1n) is 5.19. The van der Waals surface area contributed by atoms with Crippen LogP contribution in [0.15, 0.2) is 24.5 Å². The monoisotopic (exact) mass is 257 g/mol. The first-order chi connectivity index (χ1) is 8.55. The van der Waals surface area contributed by atoms with Crippen LogP contribution in [-0.2, 0) is 12.6 Å². The molecular weight excluding hydrogens is 247 g/mol. The number of aromatic nitrogens is 4. The summed E-state index contributed by atoms with van der Waals surface area (Å²) >= 11 is 0. The van der Waals surface area contributed by atoms with E-state index in [0.717, 1.165) is 11.9 Å². The first kappa shape index (κ1) is 12.3. The van der Waals surface area contributed by atoms with Gasteiger partial charge in [-0.15, -0.1) is 10.2 Å². The Hall–Kier alpha value is -2.12. The summed E-state index contributed by atoms with van der Waals surface area (Å²) in [5.41, 5.74) is -1.00. The number of anilines is 1. The number of rotatable bonds is 4. The Morgan fingerprint density at radius 3 is 2.61 bits per heavy atom. The number of hydrogen-bond acceptors (Lipinski definition) is 4. The Morgan fingerprint density at radius 2 is 2.06 bits per heavy atom. The third-order valence-corrected chi connectivity index (χ3v) is 2.18. The molecule has 0 aliphatic carbocycles. The van der Waals surface area contributed by atoms with Crippen molar-refractivity contribution in [1.29, 1.82) is 0 Å². The molecule has 2 heterocycles. The number of alkyl halides is 3. The Morgan fingerprint density at radius 1 is 1.22 bits per heavy atom. The van der Waals surface area contributed by atoms with Crippen LogP contribution in [0, 0.1) is 0 Å². The number of hydrogen-bond donors (Lipinski definition) is 2. The standard InChI is InChI=1S/C10H10F3N5/c11-10(12,13)7-1-2-9(18-17-7)14-4-3-8-15-5-6-16-8/h1-2,5-6H,3-4H2,(H,14,18)(H,15,16). The smallest absolute Gasteiger partial charge is 0.368 e. The molecule has 18 heavy (non-hydrogen) atoms. The molecule has 0 saturated carbocycles. The summed E-state index contributed by atoms with van der Waals surface area (Å²) in [6, 6.07) is 2.14. The fraction of sp³-hybridized carbons (Fsp3) is 0.300. The summed E-state index contributed by atoms with van der Waals surface area (Å²) in [5.74, 6) is 1.09. The van der Waals surface area contributed by atoms with E-state index in [1.54, 1.807) is 12.4 Å². The minimum Gasteiger partial charge on any atom is -0.368 e. The second-order valence-corrected chi connectivity index (χ2v) is 3.51. The van der Waals surface area contributed by atoms with Crippen LogP contribution in [0.4, 0.5) is 19.0 Å². The number of nitrogens with zero attached hydrogens (tertiary/aromatic N) is 3. The topological polar surface area (TPSA) is 66.5 Å². The summed E-state index contributed by atoms with van der Waals surface area (Å²) in [4.78, 5) is 6.93. The SMILES string of the molecule is FC(F)(F)c1ccc(NCCc2ncc[nH]2)nn1. The van der Waals surface area contributed by atoms with Gasteiger partial charge >= 0.3 is 6.18 Å². The van der Waals surface area contributed by atoms with E-state index < -0.39 is 11.9 Å². The van der Waals surface area contributed by atoms with Crippen molar-refractivity contribution in [3.63, 3.8) is 0 Å². The number of aromatic amines is 1. The van der Waals surface area contributed by atoms with Crippen molar-refractivity contribution in [3.8, 4) is 0 Å². The number of H-pyrrole nitrogens is 1. The predicted octanol–water partition coefficient (Wildman–Crippen LogP) is 1.87. The maximum Gasteiger partial charge on any atom is 0.435 e. The molecular formula is C10H10F3N5. The highest BCUT2D eigenvalue weighted by atomic mass is 19.4. The van der Waals surface area contributed by atoms with Crippen molar-refractivity contribution in [3.05, 3.63) is 36.0 Å². The van der Waals surface area contributed by atoms with Crippen LogP contribution in [0.1, 0.15) is 11.5 Å². The van der Waals surface area contributed by atoms with E-state index in [9.17, 15) is 13.2 Å². The average molecular weight is 257 g/mol. The highest BCUT2D eigenvalue weighted by Crippen LogP contribution is 2.26. The summed E-state index contributed by atoms with van der Waals surface area (Å²) < 4.78 is 36.7. The molecule has 96 valence electrons. The molecule has 5 nitrogen and oxygen atoms in total. The molecule has 2 rings (SSSR count). The second kappa shape index (κ2) is 5.03. The van der Waals surface area contributed by atoms with Gasteiger partial charge in [-0.2, -0.15) is 13.2 Å². The molecule has 2 N–H and O–H groups in total. The van der Waals surface area contributed by atoms with E-state index in [2.05, 4.69) is 25.5 Å². The molecule has 0 spiro atoms. The van der Waals surface area contributed by atoms with Crippen LogP contribution in [0.2, 0.25) is 0 Å². The molecule has 0 radical (unpaired) electrons. The first-order valence-corrected chi connectivity index (χ1v) is 5.19. The Kier molecular flexibility index (Phi) is 3.45. The van der Waals surface area contributed by atoms with E-state index in [-0.39, 0.29) is 0 Å². The van der Waals surface area contributed by atoms with Crippen molar-refractivity contribution in [2.24, 2.45) is 0 Å². The van der Waals surface area contributed by atoms with Gasteiger partial charge in [0.15, 0.2) is 5.69 Å². The highest BCUT2D eigenvalue weighted by Gasteiger charge is 2.32. The lowest BCUT2D eigenvalue weighted by Crippen LogP contribution is -2.12. The molecule has 0 saturated heterocycles. The predicted molar refractivity (Wildman–Crippen MR) is 57.8 cm³/mol. The van der Waals surface area contributed by atoms with Crippen molar-refractivity contribution in [2.75, 3.05) is 11.9 Å². The molecule has 0 aromatic carbocycles. The highest BCUT2D eigenvalue weighted by molar-refractivity contribution is 5.33. The fourth-order valence-electron chi connectivity index (χ4n) is 1.32. The van der Waals surface area contributed by atoms with Gasteiger partial charge in [0.05, 0.1) is 0 Å². The second-order valence-electron chi connectivity index (χ2n) is 3.51. The minimum atomic E-state index is -4.46. The largest absolute Gasteiger partial charge is 0.435 e. The Labute approximate surface area is 100 Å². The summed E-state index contributed by atoms with van der Waals surface area (Å²) in [5, 5.41) is 9.42. The average Bonchev–Trinajstić information content (AvgIpc) is 2.82. The lowest BCUT2D eigenvalue weighted by atomic mass is 10.3. The quantitative estimate of drug-likeness (QED) is 0.877. The van der Waals surface area contributed by atoms with Gasteiger partial charge in [-0.05, 0) is 12.1 Å². The molecule has 0 amide bonds. The van der Waals surface area contributed by atoms with Crippen LogP contribution in [0.5, 0.6) is 0 Å². The molecule has 0 fully saturated rings. The lowest BCUT2D eigenvalue weighted by Gasteiger charge is -2.06. The number of nitrogens with one attached hydrogen (secondary N) is 2. The molecule has 0 atom stereocenters. The molecule has 0 aliphatic heterocycles. The van der Waals surface area contributed by atoms with Crippen LogP contribution < -0.4 is 5.32 Å². The van der Waals surface area contributed by atoms with E-state index in [1.807, 2.05) is 0 Å². The molecule has 0 aliphatic rings. The van der Waals surface area contributed by atoms with E-state index >= 15 is 0 Å². The van der Waals surface area contributed by atoms with Gasteiger partial charge in [0.2, 0.25) is 0 Å². The van der Waals surface area contributed by atoms with Crippen LogP contribution in [-0.4, -0.2) is 26.7 Å². The number of imidazole rings is 1. The molecule has 8 heteroatoms. The maximum atomic E-state index is 12.2. The summed E-state index contributed by atoms with van der Waals surface area (Å²) in [6.07, 6.45) is -0.504. The summed E-state index contributed by atoms with van der Waals surface area (Å²) in [6.45, 7) is 0.507. The van der Waals surface area contributed by atoms with Gasteiger partial charge in [-0.3, -0.25) is 0 Å². The van der Waals surface area contributed by atoms with Gasteiger partial charge in [-0.1, -0.05) is 0 Å². The normalized spacial score (nSPS) is 11.5. The van der Waals surface area contributed by atoms with Crippen molar-refractivity contribution in [2.45, 2.75) is 12.6 Å². The van der Waals surface area contributed by atoms with Crippen LogP contribution >= 0.6 is 0 Å². The Balaban J connectivity index is 1.87. The third-order valence-electron chi connectivity index (χ3n) is 2.18. The van der Waals surface area contributed by atoms with Gasteiger partial charge in [-0.25, -0.2) is 4.98 Å². The fourth-order valence-corrected chi connectivity index (χ4v) is 1.32. The van der Waals surface area contributed by atoms with E-state index in [1.165, 1.54) is 6.07 Å². The number of halogens is 3. The van der Waals surface area contributed by atoms with Crippen LogP contribution in [0.25, 0.3) is 0 Å². The van der Waals surface area contributed by atoms with Crippen molar-refractivity contribution >= 4 is 5.82 Å². The third kappa shape index (κ3) is 3.19. The zero-order chi connectivity index (χ0) is 13.0. The Bertz CT molecular complexity index is 477. The minimum absolute atomic E-state index is 0.301. The van der Waals surface area contributed by atoms with Gasteiger partial charge in [0.25, 0.3) is 0 Å². The van der Waals surface area contributed by atoms with Crippen molar-refractivity contribution in [1.82, 2.24) is 20.2 Å². The maximum absolute atomic E-state index is 12.2. The zero-order valence-electron chi connectivity index (χ0n) is 9.20. The lowest BCUT2D eigenvalue weighted by molar-refractivity contribution is -0.141. The van der Waals surface area contributed by atoms with Gasteiger partial charge in [0.1, 0.15) is 11.6 Å².